The summed E-state index contributed by atoms with van der Waals surface area (Å²) in [7, 11) is 1.64. The van der Waals surface area contributed by atoms with Crippen molar-refractivity contribution in [2.45, 2.75) is 19.9 Å². The molecule has 0 amide bonds. The molecule has 0 aromatic heterocycles. The van der Waals surface area contributed by atoms with Crippen LogP contribution in [0, 0.1) is 6.92 Å². The molecule has 0 radical (unpaired) electrons. The summed E-state index contributed by atoms with van der Waals surface area (Å²) in [6, 6.07) is 9.94. The highest BCUT2D eigenvalue weighted by molar-refractivity contribution is 6.31. The number of halogens is 1. The summed E-state index contributed by atoms with van der Waals surface area (Å²) < 4.78 is 11.3. The molecule has 0 aliphatic heterocycles. The van der Waals surface area contributed by atoms with Gasteiger partial charge in [0.05, 0.1) is 7.11 Å². The van der Waals surface area contributed by atoms with Crippen LogP contribution in [0.1, 0.15) is 16.7 Å². The standard InChI is InChI=1S/C21H24ClNO2/c1-5-8-17-12-16(13-20(24-4)21(17)25-11-6-2)14-23-19-10-7-9-18(22)15(19)3/h5-7,9-10,12-13,23H,1-2,8,11,14H2,3-4H3. The molecule has 0 fully saturated rings. The third-order valence-corrected chi connectivity index (χ3v) is 4.28. The number of allylic oxidation sites excluding steroid dienone is 1. The molecule has 2 aromatic rings. The van der Waals surface area contributed by atoms with Gasteiger partial charge < -0.3 is 14.8 Å². The first kappa shape index (κ1) is 18.9. The average Bonchev–Trinajstić information content (AvgIpc) is 2.61. The van der Waals surface area contributed by atoms with E-state index in [2.05, 4.69) is 24.5 Å². The van der Waals surface area contributed by atoms with Crippen molar-refractivity contribution in [1.82, 2.24) is 0 Å². The normalized spacial score (nSPS) is 10.2. The Labute approximate surface area is 154 Å². The SMILES string of the molecule is C=CCOc1c(CC=C)cc(CNc2cccc(Cl)c2C)cc1OC. The van der Waals surface area contributed by atoms with E-state index >= 15 is 0 Å². The van der Waals surface area contributed by atoms with Gasteiger partial charge in [-0.3, -0.25) is 0 Å². The summed E-state index contributed by atoms with van der Waals surface area (Å²) in [5.41, 5.74) is 4.19. The van der Waals surface area contributed by atoms with Gasteiger partial charge >= 0.3 is 0 Å². The van der Waals surface area contributed by atoms with Gasteiger partial charge in [-0.05, 0) is 48.7 Å². The van der Waals surface area contributed by atoms with E-state index in [9.17, 15) is 0 Å². The van der Waals surface area contributed by atoms with Gasteiger partial charge in [-0.2, -0.15) is 0 Å². The van der Waals surface area contributed by atoms with E-state index in [0.717, 1.165) is 33.1 Å². The lowest BCUT2D eigenvalue weighted by Gasteiger charge is -2.17. The number of hydrogen-bond donors (Lipinski definition) is 1. The van der Waals surface area contributed by atoms with Crippen molar-refractivity contribution in [3.05, 3.63) is 77.4 Å². The summed E-state index contributed by atoms with van der Waals surface area (Å²) in [5.74, 6) is 1.45. The Morgan fingerprint density at radius 3 is 2.68 bits per heavy atom. The summed E-state index contributed by atoms with van der Waals surface area (Å²) >= 11 is 6.18. The zero-order chi connectivity index (χ0) is 18.2. The Bertz CT molecular complexity index is 756. The largest absolute Gasteiger partial charge is 0.493 e. The van der Waals surface area contributed by atoms with E-state index in [1.165, 1.54) is 0 Å². The van der Waals surface area contributed by atoms with Crippen LogP contribution in [-0.2, 0) is 13.0 Å². The smallest absolute Gasteiger partial charge is 0.165 e. The van der Waals surface area contributed by atoms with Crippen LogP contribution in [0.2, 0.25) is 5.02 Å². The van der Waals surface area contributed by atoms with Crippen molar-refractivity contribution in [2.24, 2.45) is 0 Å². The zero-order valence-corrected chi connectivity index (χ0v) is 15.5. The Morgan fingerprint density at radius 1 is 1.20 bits per heavy atom. The second-order valence-electron chi connectivity index (χ2n) is 5.64. The van der Waals surface area contributed by atoms with Crippen molar-refractivity contribution in [3.8, 4) is 11.5 Å². The Kier molecular flexibility index (Phi) is 6.96. The van der Waals surface area contributed by atoms with E-state index in [0.29, 0.717) is 25.3 Å². The van der Waals surface area contributed by atoms with Gasteiger partial charge in [0, 0.05) is 22.8 Å². The molecular weight excluding hydrogens is 334 g/mol. The molecule has 0 atom stereocenters. The van der Waals surface area contributed by atoms with Gasteiger partial charge in [0.1, 0.15) is 6.61 Å². The van der Waals surface area contributed by atoms with E-state index < -0.39 is 0 Å². The predicted octanol–water partition coefficient (Wildman–Crippen LogP) is 5.56. The maximum atomic E-state index is 6.18. The molecular formula is C21H24ClNO2. The molecule has 0 saturated carbocycles. The van der Waals surface area contributed by atoms with Crippen LogP contribution in [0.15, 0.2) is 55.6 Å². The Hall–Kier alpha value is -2.39. The molecule has 0 spiro atoms. The maximum absolute atomic E-state index is 6.18. The molecule has 0 bridgehead atoms. The van der Waals surface area contributed by atoms with Gasteiger partial charge in [-0.1, -0.05) is 36.4 Å². The first-order chi connectivity index (χ1) is 12.1. The lowest BCUT2D eigenvalue weighted by atomic mass is 10.0. The maximum Gasteiger partial charge on any atom is 0.165 e. The lowest BCUT2D eigenvalue weighted by Crippen LogP contribution is -2.05. The van der Waals surface area contributed by atoms with Crippen molar-refractivity contribution in [1.29, 1.82) is 0 Å². The molecule has 0 aliphatic carbocycles. The molecule has 132 valence electrons. The second-order valence-corrected chi connectivity index (χ2v) is 6.05. The minimum atomic E-state index is 0.430. The summed E-state index contributed by atoms with van der Waals surface area (Å²) in [6.45, 7) is 10.6. The Morgan fingerprint density at radius 2 is 2.00 bits per heavy atom. The molecule has 0 aliphatic rings. The predicted molar refractivity (Wildman–Crippen MR) is 106 cm³/mol. The quantitative estimate of drug-likeness (QED) is 0.596. The molecule has 2 rings (SSSR count). The number of hydrogen-bond acceptors (Lipinski definition) is 3. The first-order valence-corrected chi connectivity index (χ1v) is 8.51. The van der Waals surface area contributed by atoms with E-state index in [4.69, 9.17) is 21.1 Å². The van der Waals surface area contributed by atoms with Gasteiger partial charge in [0.25, 0.3) is 0 Å². The van der Waals surface area contributed by atoms with Crippen LogP contribution < -0.4 is 14.8 Å². The van der Waals surface area contributed by atoms with Crippen molar-refractivity contribution in [2.75, 3.05) is 19.0 Å². The van der Waals surface area contributed by atoms with Crippen molar-refractivity contribution < 1.29 is 9.47 Å². The molecule has 0 heterocycles. The lowest BCUT2D eigenvalue weighted by molar-refractivity contribution is 0.323. The third kappa shape index (κ3) is 4.80. The number of benzene rings is 2. The summed E-state index contributed by atoms with van der Waals surface area (Å²) in [5, 5.41) is 4.18. The zero-order valence-electron chi connectivity index (χ0n) is 14.8. The molecule has 1 N–H and O–H groups in total. The fraction of sp³-hybridized carbons (Fsp3) is 0.238. The minimum absolute atomic E-state index is 0.430. The van der Waals surface area contributed by atoms with Crippen LogP contribution in [0.25, 0.3) is 0 Å². The van der Waals surface area contributed by atoms with Gasteiger partial charge in [-0.15, -0.1) is 6.58 Å². The number of anilines is 1. The number of rotatable bonds is 9. The Balaban J connectivity index is 2.28. The summed E-state index contributed by atoms with van der Waals surface area (Å²) in [4.78, 5) is 0. The van der Waals surface area contributed by atoms with E-state index in [-0.39, 0.29) is 0 Å². The van der Waals surface area contributed by atoms with Crippen molar-refractivity contribution >= 4 is 17.3 Å². The van der Waals surface area contributed by atoms with Crippen LogP contribution in [0.3, 0.4) is 0 Å². The molecule has 4 heteroatoms. The summed E-state index contributed by atoms with van der Waals surface area (Å²) in [6.07, 6.45) is 4.27. The van der Waals surface area contributed by atoms with E-state index in [1.54, 1.807) is 13.2 Å². The van der Waals surface area contributed by atoms with Crippen LogP contribution >= 0.6 is 11.6 Å². The highest BCUT2D eigenvalue weighted by Gasteiger charge is 2.13. The molecule has 0 saturated heterocycles. The van der Waals surface area contributed by atoms with Gasteiger partial charge in [-0.25, -0.2) is 0 Å². The van der Waals surface area contributed by atoms with Crippen LogP contribution in [0.5, 0.6) is 11.5 Å². The number of ether oxygens (including phenoxy) is 2. The number of methoxy groups -OCH3 is 1. The minimum Gasteiger partial charge on any atom is -0.493 e. The topological polar surface area (TPSA) is 30.5 Å². The highest BCUT2D eigenvalue weighted by Crippen LogP contribution is 2.34. The van der Waals surface area contributed by atoms with Gasteiger partial charge in [0.2, 0.25) is 0 Å². The first-order valence-electron chi connectivity index (χ1n) is 8.14. The fourth-order valence-electron chi connectivity index (χ4n) is 2.59. The molecule has 25 heavy (non-hydrogen) atoms. The van der Waals surface area contributed by atoms with E-state index in [1.807, 2.05) is 37.3 Å². The molecule has 2 aromatic carbocycles. The average molecular weight is 358 g/mol. The molecule has 3 nitrogen and oxygen atoms in total. The molecule has 0 unspecified atom stereocenters. The monoisotopic (exact) mass is 357 g/mol. The van der Waals surface area contributed by atoms with Crippen molar-refractivity contribution in [3.63, 3.8) is 0 Å². The van der Waals surface area contributed by atoms with Crippen LogP contribution in [0.4, 0.5) is 5.69 Å². The highest BCUT2D eigenvalue weighted by atomic mass is 35.5. The number of nitrogens with one attached hydrogen (secondary N) is 1. The van der Waals surface area contributed by atoms with Crippen LogP contribution in [-0.4, -0.2) is 13.7 Å². The fourth-order valence-corrected chi connectivity index (χ4v) is 2.76. The van der Waals surface area contributed by atoms with Gasteiger partial charge in [0.15, 0.2) is 11.5 Å². The second kappa shape index (κ2) is 9.19. The third-order valence-electron chi connectivity index (χ3n) is 3.87.